The monoisotopic (exact) mass is 812 g/mol. The number of carbonyl (C=O) groups is 5. The SMILES string of the molecule is NCCCC[C@@H](C(=O)O)N(C(=O)OCc1ccccc1)C(=O)[C@H](Cc1ccc(OCc2ccccc2)cc1)NC(=O)CNC(=O)OCC1c2ccccc2-c2ccccc21. The molecular weight excluding hydrogens is 765 g/mol. The van der Waals surface area contributed by atoms with Gasteiger partial charge in [-0.25, -0.2) is 19.3 Å². The van der Waals surface area contributed by atoms with Gasteiger partial charge >= 0.3 is 18.2 Å². The van der Waals surface area contributed by atoms with Gasteiger partial charge in [-0.3, -0.25) is 9.59 Å². The molecule has 13 heteroatoms. The topological polar surface area (TPSA) is 187 Å². The van der Waals surface area contributed by atoms with Crippen LogP contribution in [0.3, 0.4) is 0 Å². The Morgan fingerprint density at radius 2 is 1.27 bits per heavy atom. The quantitative estimate of drug-likeness (QED) is 0.0664. The molecule has 0 aliphatic heterocycles. The molecular formula is C47H48N4O9. The Balaban J connectivity index is 1.17. The molecule has 2 atom stereocenters. The minimum absolute atomic E-state index is 0.0223. The Hall–Kier alpha value is -6.99. The van der Waals surface area contributed by atoms with Gasteiger partial charge in [-0.2, -0.15) is 0 Å². The van der Waals surface area contributed by atoms with Crippen LogP contribution in [0, 0.1) is 0 Å². The lowest BCUT2D eigenvalue weighted by Crippen LogP contribution is -2.57. The summed E-state index contributed by atoms with van der Waals surface area (Å²) < 4.78 is 17.0. The van der Waals surface area contributed by atoms with Crippen molar-refractivity contribution in [3.8, 4) is 16.9 Å². The van der Waals surface area contributed by atoms with E-state index in [1.165, 1.54) is 0 Å². The molecule has 0 saturated carbocycles. The van der Waals surface area contributed by atoms with Crippen molar-refractivity contribution in [2.24, 2.45) is 5.73 Å². The van der Waals surface area contributed by atoms with E-state index in [1.54, 1.807) is 54.6 Å². The molecule has 0 fully saturated rings. The van der Waals surface area contributed by atoms with Crippen LogP contribution in [0.15, 0.2) is 133 Å². The lowest BCUT2D eigenvalue weighted by atomic mass is 9.98. The Bertz CT molecular complexity index is 2190. The number of nitrogens with zero attached hydrogens (tertiary/aromatic N) is 1. The summed E-state index contributed by atoms with van der Waals surface area (Å²) >= 11 is 0. The van der Waals surface area contributed by atoms with Gasteiger partial charge in [0.25, 0.3) is 5.91 Å². The van der Waals surface area contributed by atoms with Crippen molar-refractivity contribution >= 4 is 30.0 Å². The number of amides is 4. The zero-order valence-corrected chi connectivity index (χ0v) is 33.0. The summed E-state index contributed by atoms with van der Waals surface area (Å²) in [5.41, 5.74) is 12.0. The predicted molar refractivity (Wildman–Crippen MR) is 224 cm³/mol. The molecule has 13 nitrogen and oxygen atoms in total. The third kappa shape index (κ3) is 11.4. The van der Waals surface area contributed by atoms with Crippen LogP contribution >= 0.6 is 0 Å². The van der Waals surface area contributed by atoms with Gasteiger partial charge in [-0.1, -0.05) is 121 Å². The number of fused-ring (bicyclic) bond motifs is 3. The van der Waals surface area contributed by atoms with Gasteiger partial charge in [0.15, 0.2) is 0 Å². The standard InChI is InChI=1S/C47H48N4O9/c48-26-12-11-21-42(45(54)55)51(47(57)60-30-34-15-5-2-6-16-34)44(53)41(27-32-22-24-35(25-23-32)58-29-33-13-3-1-4-14-33)50-43(52)28-49-46(56)59-31-40-38-19-9-7-17-36(38)37-18-8-10-20-39(37)40/h1-10,13-20,22-25,40-42H,11-12,21,26-31,48H2,(H,49,56)(H,50,52)(H,54,55)/t41-,42-/m0/s1. The second-order valence-electron chi connectivity index (χ2n) is 14.3. The molecule has 1 aliphatic rings. The third-order valence-corrected chi connectivity index (χ3v) is 10.1. The van der Waals surface area contributed by atoms with E-state index in [9.17, 15) is 29.1 Å². The molecule has 1 aliphatic carbocycles. The number of unbranched alkanes of at least 4 members (excludes halogenated alkanes) is 1. The van der Waals surface area contributed by atoms with Gasteiger partial charge in [0, 0.05) is 12.3 Å². The van der Waals surface area contributed by atoms with Gasteiger partial charge < -0.3 is 35.7 Å². The van der Waals surface area contributed by atoms with Crippen LogP contribution in [0.1, 0.15) is 53.0 Å². The van der Waals surface area contributed by atoms with Gasteiger partial charge in [0.05, 0.1) is 0 Å². The summed E-state index contributed by atoms with van der Waals surface area (Å²) in [5, 5.41) is 15.4. The molecule has 5 N–H and O–H groups in total. The van der Waals surface area contributed by atoms with E-state index in [0.717, 1.165) is 27.8 Å². The Morgan fingerprint density at radius 3 is 1.87 bits per heavy atom. The number of hydrogen-bond acceptors (Lipinski definition) is 9. The van der Waals surface area contributed by atoms with Crippen LogP contribution in [0.4, 0.5) is 9.59 Å². The lowest BCUT2D eigenvalue weighted by molar-refractivity contribution is -0.150. The van der Waals surface area contributed by atoms with E-state index in [1.807, 2.05) is 78.9 Å². The van der Waals surface area contributed by atoms with Crippen molar-refractivity contribution in [3.63, 3.8) is 0 Å². The third-order valence-electron chi connectivity index (χ3n) is 10.1. The number of alkyl carbamates (subject to hydrolysis) is 1. The van der Waals surface area contributed by atoms with Crippen LogP contribution in [-0.4, -0.2) is 71.8 Å². The molecule has 6 rings (SSSR count). The van der Waals surface area contributed by atoms with Crippen molar-refractivity contribution < 1.29 is 43.3 Å². The molecule has 0 unspecified atom stereocenters. The average Bonchev–Trinajstić information content (AvgIpc) is 3.60. The summed E-state index contributed by atoms with van der Waals surface area (Å²) in [5.74, 6) is -2.86. The first-order valence-corrected chi connectivity index (χ1v) is 19.8. The number of nitrogens with two attached hydrogens (primary N) is 1. The molecule has 0 bridgehead atoms. The van der Waals surface area contributed by atoms with Crippen LogP contribution in [0.25, 0.3) is 11.1 Å². The number of hydrogen-bond donors (Lipinski definition) is 4. The van der Waals surface area contributed by atoms with Gasteiger partial charge in [0.1, 0.15) is 44.2 Å². The van der Waals surface area contributed by atoms with Crippen molar-refractivity contribution in [1.82, 2.24) is 15.5 Å². The van der Waals surface area contributed by atoms with Gasteiger partial charge in [-0.15, -0.1) is 0 Å². The minimum Gasteiger partial charge on any atom is -0.489 e. The summed E-state index contributed by atoms with van der Waals surface area (Å²) in [6, 6.07) is 37.9. The largest absolute Gasteiger partial charge is 0.489 e. The highest BCUT2D eigenvalue weighted by molar-refractivity contribution is 6.00. The fourth-order valence-corrected chi connectivity index (χ4v) is 7.12. The van der Waals surface area contributed by atoms with E-state index >= 15 is 0 Å². The van der Waals surface area contributed by atoms with Crippen molar-refractivity contribution in [3.05, 3.63) is 161 Å². The summed E-state index contributed by atoms with van der Waals surface area (Å²) in [6.45, 7) is -0.184. The first-order chi connectivity index (χ1) is 29.2. The average molecular weight is 813 g/mol. The molecule has 60 heavy (non-hydrogen) atoms. The first-order valence-electron chi connectivity index (χ1n) is 19.8. The van der Waals surface area contributed by atoms with E-state index in [-0.39, 0.29) is 38.5 Å². The lowest BCUT2D eigenvalue weighted by Gasteiger charge is -2.30. The summed E-state index contributed by atoms with van der Waals surface area (Å²) in [7, 11) is 0. The predicted octanol–water partition coefficient (Wildman–Crippen LogP) is 6.58. The number of carboxylic acids is 1. The molecule has 0 aromatic heterocycles. The van der Waals surface area contributed by atoms with Gasteiger partial charge in [0.2, 0.25) is 5.91 Å². The number of benzene rings is 5. The fourth-order valence-electron chi connectivity index (χ4n) is 7.12. The normalized spacial score (nSPS) is 12.6. The summed E-state index contributed by atoms with van der Waals surface area (Å²) in [6.07, 6.45) is -1.54. The molecule has 0 heterocycles. The Morgan fingerprint density at radius 1 is 0.683 bits per heavy atom. The van der Waals surface area contributed by atoms with Crippen LogP contribution in [0.2, 0.25) is 0 Å². The molecule has 5 aromatic carbocycles. The minimum atomic E-state index is -1.63. The number of ether oxygens (including phenoxy) is 3. The highest BCUT2D eigenvalue weighted by Gasteiger charge is 2.40. The molecule has 310 valence electrons. The zero-order chi connectivity index (χ0) is 42.3. The maximum atomic E-state index is 14.5. The first kappa shape index (κ1) is 42.6. The van der Waals surface area contributed by atoms with Gasteiger partial charge in [-0.05, 0) is 76.9 Å². The zero-order valence-electron chi connectivity index (χ0n) is 33.0. The second-order valence-corrected chi connectivity index (χ2v) is 14.3. The van der Waals surface area contributed by atoms with Crippen LogP contribution in [0.5, 0.6) is 5.75 Å². The smallest absolute Gasteiger partial charge is 0.417 e. The molecule has 0 saturated heterocycles. The number of carbonyl (C=O) groups excluding carboxylic acids is 4. The highest BCUT2D eigenvalue weighted by Crippen LogP contribution is 2.44. The number of rotatable bonds is 19. The second kappa shape index (κ2) is 21.1. The van der Waals surface area contributed by atoms with E-state index in [2.05, 4.69) is 10.6 Å². The number of carboxylic acid groups (broad SMARTS) is 1. The fraction of sp³-hybridized carbons (Fsp3) is 0.255. The maximum absolute atomic E-state index is 14.5. The van der Waals surface area contributed by atoms with E-state index in [0.29, 0.717) is 41.2 Å². The van der Waals surface area contributed by atoms with E-state index < -0.39 is 48.6 Å². The Kier molecular flexibility index (Phi) is 15.0. The van der Waals surface area contributed by atoms with Crippen LogP contribution < -0.4 is 21.1 Å². The Labute approximate surface area is 348 Å². The van der Waals surface area contributed by atoms with E-state index in [4.69, 9.17) is 19.9 Å². The molecule has 0 spiro atoms. The molecule has 5 aromatic rings. The van der Waals surface area contributed by atoms with Crippen molar-refractivity contribution in [1.29, 1.82) is 0 Å². The highest BCUT2D eigenvalue weighted by atomic mass is 16.6. The number of nitrogens with one attached hydrogen (secondary N) is 2. The molecule has 0 radical (unpaired) electrons. The number of imide groups is 1. The molecule has 4 amide bonds. The maximum Gasteiger partial charge on any atom is 0.417 e. The van der Waals surface area contributed by atoms with Crippen molar-refractivity contribution in [2.75, 3.05) is 19.7 Å². The number of aliphatic carboxylic acids is 1. The van der Waals surface area contributed by atoms with Crippen LogP contribution in [-0.2, 0) is 43.5 Å². The van der Waals surface area contributed by atoms with Crippen molar-refractivity contribution in [2.45, 2.75) is 56.9 Å². The summed E-state index contributed by atoms with van der Waals surface area (Å²) in [4.78, 5) is 68.0.